The fourth-order valence-electron chi connectivity index (χ4n) is 3.53. The number of aromatic nitrogens is 2. The van der Waals surface area contributed by atoms with Gasteiger partial charge in [0.05, 0.1) is 18.3 Å². The quantitative estimate of drug-likeness (QED) is 0.439. The Labute approximate surface area is 173 Å². The maximum Gasteiger partial charge on any atom is 0.263 e. The first-order valence-corrected chi connectivity index (χ1v) is 10.4. The molecule has 5 heteroatoms. The van der Waals surface area contributed by atoms with Crippen LogP contribution in [-0.2, 0) is 6.54 Å². The molecule has 2 heterocycles. The number of nitrogens with zero attached hydrogens (tertiary/aromatic N) is 2. The lowest BCUT2D eigenvalue weighted by molar-refractivity contribution is 0.0970. The van der Waals surface area contributed by atoms with Gasteiger partial charge in [-0.1, -0.05) is 35.9 Å². The molecule has 0 amide bonds. The molecule has 0 aliphatic rings. The van der Waals surface area contributed by atoms with Crippen LogP contribution in [-0.4, -0.2) is 15.3 Å². The summed E-state index contributed by atoms with van der Waals surface area (Å²) in [7, 11) is 0. The van der Waals surface area contributed by atoms with E-state index >= 15 is 0 Å². The Hall–Kier alpha value is -3.05. The minimum atomic E-state index is -0.179. The summed E-state index contributed by atoms with van der Waals surface area (Å²) in [6, 6.07) is 12.0. The summed E-state index contributed by atoms with van der Waals surface area (Å²) in [5.41, 5.74) is 6.64. The molecule has 2 aromatic heterocycles. The smallest absolute Gasteiger partial charge is 0.263 e. The summed E-state index contributed by atoms with van der Waals surface area (Å²) in [6.45, 7) is 7.96. The maximum absolute atomic E-state index is 13.2. The van der Waals surface area contributed by atoms with E-state index < -0.39 is 0 Å². The SMILES string of the molecule is Cc1ccc(-c2csc3ncn(CC(=O)c4cc(C)c(C)cc4C)c(=O)c23)cc1. The van der Waals surface area contributed by atoms with Crippen LogP contribution in [0.25, 0.3) is 21.3 Å². The van der Waals surface area contributed by atoms with Crippen LogP contribution in [0.1, 0.15) is 32.6 Å². The molecule has 2 aromatic carbocycles. The zero-order valence-electron chi connectivity index (χ0n) is 16.9. The topological polar surface area (TPSA) is 52.0 Å². The third kappa shape index (κ3) is 3.54. The number of benzene rings is 2. The molecule has 0 aliphatic heterocycles. The summed E-state index contributed by atoms with van der Waals surface area (Å²) in [4.78, 5) is 31.3. The molecule has 0 saturated carbocycles. The summed E-state index contributed by atoms with van der Waals surface area (Å²) in [6.07, 6.45) is 1.48. The van der Waals surface area contributed by atoms with Crippen molar-refractivity contribution in [1.82, 2.24) is 9.55 Å². The van der Waals surface area contributed by atoms with Gasteiger partial charge in [0.25, 0.3) is 5.56 Å². The number of rotatable bonds is 4. The minimum Gasteiger partial charge on any atom is -0.292 e. The first-order chi connectivity index (χ1) is 13.8. The van der Waals surface area contributed by atoms with Gasteiger partial charge in [0.1, 0.15) is 4.83 Å². The van der Waals surface area contributed by atoms with Crippen LogP contribution in [0.5, 0.6) is 0 Å². The number of hydrogen-bond donors (Lipinski definition) is 0. The van der Waals surface area contributed by atoms with Crippen LogP contribution in [0.2, 0.25) is 0 Å². The first kappa shape index (κ1) is 19.3. The highest BCUT2D eigenvalue weighted by molar-refractivity contribution is 7.17. The lowest BCUT2D eigenvalue weighted by Gasteiger charge is -2.10. The molecule has 0 bridgehead atoms. The highest BCUT2D eigenvalue weighted by atomic mass is 32.1. The summed E-state index contributed by atoms with van der Waals surface area (Å²) in [5, 5.41) is 2.54. The van der Waals surface area contributed by atoms with Gasteiger partial charge < -0.3 is 0 Å². The van der Waals surface area contributed by atoms with Crippen LogP contribution in [0.15, 0.2) is 52.9 Å². The van der Waals surface area contributed by atoms with Gasteiger partial charge in [0.2, 0.25) is 0 Å². The third-order valence-corrected chi connectivity index (χ3v) is 6.26. The molecule has 0 unspecified atom stereocenters. The van der Waals surface area contributed by atoms with Gasteiger partial charge in [-0.25, -0.2) is 4.98 Å². The minimum absolute atomic E-state index is 0.0195. The molecule has 4 rings (SSSR count). The Morgan fingerprint density at radius 2 is 1.69 bits per heavy atom. The maximum atomic E-state index is 13.2. The second kappa shape index (κ2) is 7.41. The molecule has 0 atom stereocenters. The van der Waals surface area contributed by atoms with E-state index in [4.69, 9.17) is 0 Å². The molecular formula is C24H22N2O2S. The van der Waals surface area contributed by atoms with Crippen molar-refractivity contribution in [3.05, 3.63) is 86.3 Å². The number of ketones is 1. The molecule has 4 aromatic rings. The third-order valence-electron chi connectivity index (χ3n) is 5.38. The van der Waals surface area contributed by atoms with Crippen molar-refractivity contribution in [1.29, 1.82) is 0 Å². The van der Waals surface area contributed by atoms with Gasteiger partial charge in [-0.05, 0) is 56.0 Å². The molecule has 0 radical (unpaired) electrons. The van der Waals surface area contributed by atoms with Crippen molar-refractivity contribution in [3.8, 4) is 11.1 Å². The Kier molecular flexibility index (Phi) is 4.92. The van der Waals surface area contributed by atoms with Crippen molar-refractivity contribution in [3.63, 3.8) is 0 Å². The molecule has 0 N–H and O–H groups in total. The standard InChI is InChI=1S/C24H22N2O2S/c1-14-5-7-18(8-6-14)20-12-29-23-22(20)24(28)26(13-25-23)11-21(27)19-10-16(3)15(2)9-17(19)4/h5-10,12-13H,11H2,1-4H3. The molecule has 0 saturated heterocycles. The fourth-order valence-corrected chi connectivity index (χ4v) is 4.43. The van der Waals surface area contributed by atoms with Crippen molar-refractivity contribution >= 4 is 27.3 Å². The molecule has 0 spiro atoms. The first-order valence-electron chi connectivity index (χ1n) is 9.50. The number of hydrogen-bond acceptors (Lipinski definition) is 4. The van der Waals surface area contributed by atoms with Crippen molar-refractivity contribution in [2.24, 2.45) is 0 Å². The van der Waals surface area contributed by atoms with E-state index in [1.807, 2.05) is 69.5 Å². The monoisotopic (exact) mass is 402 g/mol. The van der Waals surface area contributed by atoms with E-state index in [1.54, 1.807) is 0 Å². The Balaban J connectivity index is 1.76. The van der Waals surface area contributed by atoms with Crippen LogP contribution in [0.4, 0.5) is 0 Å². The average molecular weight is 403 g/mol. The number of carbonyl (C=O) groups is 1. The van der Waals surface area contributed by atoms with E-state index in [0.29, 0.717) is 15.8 Å². The summed E-state index contributed by atoms with van der Waals surface area (Å²) in [5.74, 6) is -0.0824. The zero-order valence-corrected chi connectivity index (χ0v) is 17.8. The number of fused-ring (bicyclic) bond motifs is 1. The van der Waals surface area contributed by atoms with Crippen LogP contribution < -0.4 is 5.56 Å². The molecule has 0 fully saturated rings. The molecule has 0 aliphatic carbocycles. The van der Waals surface area contributed by atoms with Gasteiger partial charge in [-0.3, -0.25) is 14.2 Å². The number of carbonyl (C=O) groups excluding carboxylic acids is 1. The summed E-state index contributed by atoms with van der Waals surface area (Å²) >= 11 is 1.45. The van der Waals surface area contributed by atoms with E-state index in [2.05, 4.69) is 4.98 Å². The molecule has 29 heavy (non-hydrogen) atoms. The van der Waals surface area contributed by atoms with Crippen molar-refractivity contribution < 1.29 is 4.79 Å². The summed E-state index contributed by atoms with van der Waals surface area (Å²) < 4.78 is 1.42. The van der Waals surface area contributed by atoms with Crippen molar-refractivity contribution in [2.75, 3.05) is 0 Å². The van der Waals surface area contributed by atoms with E-state index in [9.17, 15) is 9.59 Å². The van der Waals surface area contributed by atoms with Gasteiger partial charge >= 0.3 is 0 Å². The highest BCUT2D eigenvalue weighted by Crippen LogP contribution is 2.30. The van der Waals surface area contributed by atoms with Crippen LogP contribution in [0.3, 0.4) is 0 Å². The van der Waals surface area contributed by atoms with Crippen molar-refractivity contribution in [2.45, 2.75) is 34.2 Å². The number of aryl methyl sites for hydroxylation is 4. The predicted molar refractivity (Wildman–Crippen MR) is 119 cm³/mol. The van der Waals surface area contributed by atoms with E-state index in [-0.39, 0.29) is 17.9 Å². The Bertz CT molecular complexity index is 1300. The number of Topliss-reactive ketones (excluding diaryl/α,β-unsaturated/α-hetero) is 1. The lowest BCUT2D eigenvalue weighted by Crippen LogP contribution is -2.25. The van der Waals surface area contributed by atoms with Gasteiger partial charge in [0, 0.05) is 16.5 Å². The Morgan fingerprint density at radius 3 is 2.41 bits per heavy atom. The molecule has 4 nitrogen and oxygen atoms in total. The normalized spacial score (nSPS) is 11.2. The predicted octanol–water partition coefficient (Wildman–Crippen LogP) is 5.24. The average Bonchev–Trinajstić information content (AvgIpc) is 3.12. The van der Waals surface area contributed by atoms with Gasteiger partial charge in [-0.2, -0.15) is 0 Å². The second-order valence-corrected chi connectivity index (χ2v) is 8.41. The fraction of sp³-hybridized carbons (Fsp3) is 0.208. The second-order valence-electron chi connectivity index (χ2n) is 7.55. The largest absolute Gasteiger partial charge is 0.292 e. The van der Waals surface area contributed by atoms with E-state index in [0.717, 1.165) is 33.4 Å². The van der Waals surface area contributed by atoms with Gasteiger partial charge in [0.15, 0.2) is 5.78 Å². The Morgan fingerprint density at radius 1 is 1.00 bits per heavy atom. The molecular weight excluding hydrogens is 380 g/mol. The lowest BCUT2D eigenvalue weighted by atomic mass is 9.98. The van der Waals surface area contributed by atoms with Crippen LogP contribution in [0, 0.1) is 27.7 Å². The highest BCUT2D eigenvalue weighted by Gasteiger charge is 2.16. The molecule has 146 valence electrons. The zero-order chi connectivity index (χ0) is 20.7. The number of thiophene rings is 1. The van der Waals surface area contributed by atoms with E-state index in [1.165, 1.54) is 22.2 Å². The van der Waals surface area contributed by atoms with Gasteiger partial charge in [-0.15, -0.1) is 11.3 Å². The van der Waals surface area contributed by atoms with Crippen LogP contribution >= 0.6 is 11.3 Å².